The Bertz CT molecular complexity index is 1230. The van der Waals surface area contributed by atoms with Crippen molar-refractivity contribution < 1.29 is 38.1 Å². The molecule has 44 heavy (non-hydrogen) atoms. The van der Waals surface area contributed by atoms with Crippen LogP contribution in [0.15, 0.2) is 40.8 Å². The summed E-state index contributed by atoms with van der Waals surface area (Å²) in [5.74, 6) is -0.375. The van der Waals surface area contributed by atoms with Crippen molar-refractivity contribution in [3.63, 3.8) is 0 Å². The van der Waals surface area contributed by atoms with Gasteiger partial charge in [0, 0.05) is 37.2 Å². The SMILES string of the molecule is CO[C@@H]1[C@H](OC(=O)CC(=O)CSc2ccc(CC(=O)CCCC(=O)C(C)C)cc2)CC[C@]2(CO2)[C@H]1[C@@]1(C)O[C@@H]1CC=C(C)C. The van der Waals surface area contributed by atoms with Crippen LogP contribution in [0.3, 0.4) is 0 Å². The molecule has 4 rings (SSSR count). The molecule has 3 aliphatic rings. The van der Waals surface area contributed by atoms with Gasteiger partial charge in [-0.15, -0.1) is 11.8 Å². The van der Waals surface area contributed by atoms with Gasteiger partial charge in [-0.2, -0.15) is 0 Å². The average Bonchev–Trinajstić information content (AvgIpc) is 3.89. The molecule has 8 nitrogen and oxygen atoms in total. The minimum absolute atomic E-state index is 0.00280. The van der Waals surface area contributed by atoms with E-state index in [1.54, 1.807) is 7.11 Å². The lowest BCUT2D eigenvalue weighted by molar-refractivity contribution is -0.172. The van der Waals surface area contributed by atoms with Gasteiger partial charge >= 0.3 is 5.97 Å². The van der Waals surface area contributed by atoms with Crippen LogP contribution in [0.2, 0.25) is 0 Å². The Labute approximate surface area is 266 Å². The second kappa shape index (κ2) is 14.8. The Hall–Kier alpha value is -2.33. The summed E-state index contributed by atoms with van der Waals surface area (Å²) in [6.07, 6.45) is 5.03. The lowest BCUT2D eigenvalue weighted by atomic mass is 9.68. The number of carbonyl (C=O) groups is 4. The minimum atomic E-state index is -0.541. The fourth-order valence-corrected chi connectivity index (χ4v) is 7.18. The standard InChI is InChI=1S/C35H48O8S/c1-22(2)10-15-30-34(5,43-30)33-32(40-6)29(16-17-35(33)21-41-35)42-31(39)19-26(37)20-44-27-13-11-24(12-14-27)18-25(36)8-7-9-28(38)23(3)4/h10-14,23,29-30,32-33H,7-9,15-21H2,1-6H3/t29-,30-,32-,33-,34+,35+/m1/s1. The number of allylic oxidation sites excluding steroid dienone is 1. The smallest absolute Gasteiger partial charge is 0.313 e. The van der Waals surface area contributed by atoms with E-state index in [2.05, 4.69) is 26.8 Å². The zero-order valence-corrected chi connectivity index (χ0v) is 27.8. The molecule has 0 unspecified atom stereocenters. The highest BCUT2D eigenvalue weighted by atomic mass is 32.2. The lowest BCUT2D eigenvalue weighted by Gasteiger charge is -2.42. The molecule has 1 saturated carbocycles. The third kappa shape index (κ3) is 8.89. The highest BCUT2D eigenvalue weighted by molar-refractivity contribution is 8.00. The molecule has 0 aromatic heterocycles. The summed E-state index contributed by atoms with van der Waals surface area (Å²) in [7, 11) is 1.63. The van der Waals surface area contributed by atoms with Gasteiger partial charge in [-0.05, 0) is 64.2 Å². The van der Waals surface area contributed by atoms with E-state index in [-0.39, 0.29) is 59.2 Å². The van der Waals surface area contributed by atoms with Crippen molar-refractivity contribution in [1.29, 1.82) is 0 Å². The molecule has 2 saturated heterocycles. The lowest BCUT2D eigenvalue weighted by Crippen LogP contribution is -2.55. The Balaban J connectivity index is 1.22. The van der Waals surface area contributed by atoms with E-state index in [0.29, 0.717) is 38.7 Å². The first-order valence-electron chi connectivity index (χ1n) is 15.8. The van der Waals surface area contributed by atoms with Gasteiger partial charge in [-0.1, -0.05) is 37.6 Å². The number of rotatable bonds is 17. The molecular weight excluding hydrogens is 580 g/mol. The molecule has 1 aromatic rings. The average molecular weight is 629 g/mol. The summed E-state index contributed by atoms with van der Waals surface area (Å²) >= 11 is 1.35. The summed E-state index contributed by atoms with van der Waals surface area (Å²) in [5.41, 5.74) is 1.42. The van der Waals surface area contributed by atoms with E-state index >= 15 is 0 Å². The predicted octanol–water partition coefficient (Wildman–Crippen LogP) is 5.86. The zero-order valence-electron chi connectivity index (χ0n) is 27.0. The number of hydrogen-bond acceptors (Lipinski definition) is 9. The molecule has 1 aromatic carbocycles. The maximum absolute atomic E-state index is 12.8. The molecule has 0 N–H and O–H groups in total. The van der Waals surface area contributed by atoms with Crippen LogP contribution in [0.5, 0.6) is 0 Å². The van der Waals surface area contributed by atoms with Crippen LogP contribution >= 0.6 is 11.8 Å². The highest BCUT2D eigenvalue weighted by Gasteiger charge is 2.72. The van der Waals surface area contributed by atoms with Crippen molar-refractivity contribution in [2.24, 2.45) is 11.8 Å². The normalized spacial score (nSPS) is 28.9. The topological polar surface area (TPSA) is 112 Å². The first-order chi connectivity index (χ1) is 20.9. The van der Waals surface area contributed by atoms with Gasteiger partial charge in [0.25, 0.3) is 0 Å². The Kier molecular flexibility index (Phi) is 11.7. The van der Waals surface area contributed by atoms with Gasteiger partial charge in [0.1, 0.15) is 41.4 Å². The molecule has 0 bridgehead atoms. The molecule has 2 heterocycles. The van der Waals surface area contributed by atoms with E-state index in [9.17, 15) is 19.2 Å². The second-order valence-corrected chi connectivity index (χ2v) is 14.3. The van der Waals surface area contributed by atoms with E-state index < -0.39 is 17.7 Å². The van der Waals surface area contributed by atoms with Crippen LogP contribution in [0.25, 0.3) is 0 Å². The Morgan fingerprint density at radius 2 is 1.80 bits per heavy atom. The summed E-state index contributed by atoms with van der Waals surface area (Å²) < 4.78 is 24.0. The summed E-state index contributed by atoms with van der Waals surface area (Å²) in [4.78, 5) is 50.4. The maximum Gasteiger partial charge on any atom is 0.313 e. The molecule has 1 aliphatic carbocycles. The molecule has 242 valence electrons. The van der Waals surface area contributed by atoms with Crippen LogP contribution in [-0.2, 0) is 44.5 Å². The molecule has 3 fully saturated rings. The third-order valence-electron chi connectivity index (χ3n) is 9.11. The van der Waals surface area contributed by atoms with Crippen LogP contribution in [0.1, 0.15) is 85.1 Å². The van der Waals surface area contributed by atoms with Crippen molar-refractivity contribution in [2.45, 2.75) is 120 Å². The number of Topliss-reactive ketones (excluding diaryl/α,β-unsaturated/α-hetero) is 3. The van der Waals surface area contributed by atoms with Gasteiger partial charge < -0.3 is 18.9 Å². The van der Waals surface area contributed by atoms with E-state index in [0.717, 1.165) is 23.3 Å². The number of epoxide rings is 2. The van der Waals surface area contributed by atoms with Gasteiger partial charge in [-0.25, -0.2) is 0 Å². The summed E-state index contributed by atoms with van der Waals surface area (Å²) in [5, 5.41) is 0. The predicted molar refractivity (Wildman–Crippen MR) is 169 cm³/mol. The van der Waals surface area contributed by atoms with Crippen LogP contribution in [0.4, 0.5) is 0 Å². The first-order valence-corrected chi connectivity index (χ1v) is 16.8. The van der Waals surface area contributed by atoms with Gasteiger partial charge in [0.15, 0.2) is 5.78 Å². The van der Waals surface area contributed by atoms with Crippen molar-refractivity contribution in [3.05, 3.63) is 41.5 Å². The number of methoxy groups -OCH3 is 1. The van der Waals surface area contributed by atoms with E-state index in [1.165, 1.54) is 17.3 Å². The quantitative estimate of drug-likeness (QED) is 0.0688. The fraction of sp³-hybridized carbons (Fsp3) is 0.657. The number of thioether (sulfide) groups is 1. The van der Waals surface area contributed by atoms with Crippen molar-refractivity contribution in [3.8, 4) is 0 Å². The highest BCUT2D eigenvalue weighted by Crippen LogP contribution is 2.59. The second-order valence-electron chi connectivity index (χ2n) is 13.2. The number of esters is 1. The van der Waals surface area contributed by atoms with Crippen molar-refractivity contribution in [1.82, 2.24) is 0 Å². The molecule has 2 aliphatic heterocycles. The van der Waals surface area contributed by atoms with Crippen LogP contribution < -0.4 is 0 Å². The number of ether oxygens (including phenoxy) is 4. The summed E-state index contributed by atoms with van der Waals surface area (Å²) in [6.45, 7) is 10.6. The zero-order chi connectivity index (χ0) is 32.1. The summed E-state index contributed by atoms with van der Waals surface area (Å²) in [6, 6.07) is 7.53. The largest absolute Gasteiger partial charge is 0.459 e. The van der Waals surface area contributed by atoms with Crippen molar-refractivity contribution in [2.75, 3.05) is 19.5 Å². The first kappa shape index (κ1) is 34.5. The fourth-order valence-electron chi connectivity index (χ4n) is 6.42. The van der Waals surface area contributed by atoms with Gasteiger partial charge in [0.2, 0.25) is 0 Å². The number of carbonyl (C=O) groups excluding carboxylic acids is 4. The van der Waals surface area contributed by atoms with E-state index in [1.807, 2.05) is 38.1 Å². The number of hydrogen-bond donors (Lipinski definition) is 0. The number of benzene rings is 1. The molecule has 9 heteroatoms. The van der Waals surface area contributed by atoms with Crippen molar-refractivity contribution >= 4 is 35.1 Å². The minimum Gasteiger partial charge on any atom is -0.459 e. The van der Waals surface area contributed by atoms with Crippen LogP contribution in [-0.4, -0.2) is 72.3 Å². The molecule has 1 spiro atoms. The molecular formula is C35H48O8S. The monoisotopic (exact) mass is 628 g/mol. The molecule has 6 atom stereocenters. The maximum atomic E-state index is 12.8. The third-order valence-corrected chi connectivity index (χ3v) is 10.2. The van der Waals surface area contributed by atoms with E-state index in [4.69, 9.17) is 18.9 Å². The van der Waals surface area contributed by atoms with Gasteiger partial charge in [0.05, 0.1) is 24.4 Å². The van der Waals surface area contributed by atoms with Crippen LogP contribution in [0, 0.1) is 11.8 Å². The van der Waals surface area contributed by atoms with Gasteiger partial charge in [-0.3, -0.25) is 19.2 Å². The molecule has 0 amide bonds. The number of ketones is 3. The molecule has 0 radical (unpaired) electrons. The Morgan fingerprint density at radius 1 is 1.09 bits per heavy atom. The Morgan fingerprint density at radius 3 is 2.41 bits per heavy atom.